The normalized spacial score (nSPS) is 25.4. The summed E-state index contributed by atoms with van der Waals surface area (Å²) < 4.78 is 5.31. The van der Waals surface area contributed by atoms with Crippen molar-refractivity contribution in [3.63, 3.8) is 0 Å². The minimum atomic E-state index is 0.0864. The van der Waals surface area contributed by atoms with E-state index in [4.69, 9.17) is 4.74 Å². The lowest BCUT2D eigenvalue weighted by Gasteiger charge is -2.32. The predicted molar refractivity (Wildman–Crippen MR) is 66.9 cm³/mol. The molecule has 98 valence electrons. The Morgan fingerprint density at radius 3 is 2.94 bits per heavy atom. The van der Waals surface area contributed by atoms with Crippen LogP contribution in [0.2, 0.25) is 0 Å². The first kappa shape index (κ1) is 12.8. The molecule has 17 heavy (non-hydrogen) atoms. The van der Waals surface area contributed by atoms with Crippen LogP contribution in [0.4, 0.5) is 0 Å². The van der Waals surface area contributed by atoms with Gasteiger partial charge in [0.05, 0.1) is 6.04 Å². The number of carbonyl (C=O) groups excluding carboxylic acids is 1. The topological polar surface area (TPSA) is 41.6 Å². The van der Waals surface area contributed by atoms with Gasteiger partial charge in [0.15, 0.2) is 0 Å². The quantitative estimate of drug-likeness (QED) is 0.679. The van der Waals surface area contributed by atoms with E-state index in [2.05, 4.69) is 5.32 Å². The maximum absolute atomic E-state index is 12.2. The second-order valence-corrected chi connectivity index (χ2v) is 5.01. The first-order chi connectivity index (χ1) is 8.31. The van der Waals surface area contributed by atoms with Crippen molar-refractivity contribution in [1.82, 2.24) is 10.2 Å². The zero-order chi connectivity index (χ0) is 12.1. The number of nitrogens with one attached hydrogen (secondary N) is 1. The Labute approximate surface area is 104 Å². The van der Waals surface area contributed by atoms with Crippen molar-refractivity contribution in [3.8, 4) is 0 Å². The lowest BCUT2D eigenvalue weighted by atomic mass is 10.0. The molecule has 1 aliphatic heterocycles. The van der Waals surface area contributed by atoms with Gasteiger partial charge >= 0.3 is 0 Å². The van der Waals surface area contributed by atoms with Gasteiger partial charge in [0.25, 0.3) is 0 Å². The molecule has 0 spiro atoms. The summed E-state index contributed by atoms with van der Waals surface area (Å²) in [6, 6.07) is 0.704. The second-order valence-electron chi connectivity index (χ2n) is 5.01. The largest absolute Gasteiger partial charge is 0.382 e. The fourth-order valence-electron chi connectivity index (χ4n) is 2.35. The fourth-order valence-corrected chi connectivity index (χ4v) is 2.35. The predicted octanol–water partition coefficient (Wildman–Crippen LogP) is 1.16. The lowest BCUT2D eigenvalue weighted by Crippen LogP contribution is -2.51. The van der Waals surface area contributed by atoms with Gasteiger partial charge in [0.2, 0.25) is 5.91 Å². The smallest absolute Gasteiger partial charge is 0.239 e. The van der Waals surface area contributed by atoms with Gasteiger partial charge < -0.3 is 15.0 Å². The van der Waals surface area contributed by atoms with Crippen LogP contribution in [-0.4, -0.2) is 49.2 Å². The molecule has 4 nitrogen and oxygen atoms in total. The summed E-state index contributed by atoms with van der Waals surface area (Å²) >= 11 is 0. The zero-order valence-electron chi connectivity index (χ0n) is 10.8. The maximum atomic E-state index is 12.2. The van der Waals surface area contributed by atoms with Gasteiger partial charge in [-0.25, -0.2) is 0 Å². The molecule has 2 rings (SSSR count). The van der Waals surface area contributed by atoms with Crippen molar-refractivity contribution in [2.75, 3.05) is 26.3 Å². The van der Waals surface area contributed by atoms with E-state index >= 15 is 0 Å². The Morgan fingerprint density at radius 2 is 2.24 bits per heavy atom. The lowest BCUT2D eigenvalue weighted by molar-refractivity contribution is -0.136. The summed E-state index contributed by atoms with van der Waals surface area (Å²) in [6.07, 6.45) is 5.58. The SMILES string of the molecule is CCOCCCN1CCCC(NC2CC2)C1=O. The van der Waals surface area contributed by atoms with Crippen molar-refractivity contribution < 1.29 is 9.53 Å². The van der Waals surface area contributed by atoms with Crippen LogP contribution < -0.4 is 5.32 Å². The Balaban J connectivity index is 1.70. The van der Waals surface area contributed by atoms with Crippen LogP contribution >= 0.6 is 0 Å². The maximum Gasteiger partial charge on any atom is 0.239 e. The van der Waals surface area contributed by atoms with Gasteiger partial charge in [0.1, 0.15) is 0 Å². The molecule has 0 aromatic rings. The van der Waals surface area contributed by atoms with Gasteiger partial charge in [0, 0.05) is 32.3 Å². The van der Waals surface area contributed by atoms with Gasteiger partial charge in [-0.05, 0) is 39.0 Å². The molecular formula is C13H24N2O2. The highest BCUT2D eigenvalue weighted by molar-refractivity contribution is 5.82. The van der Waals surface area contributed by atoms with E-state index in [0.29, 0.717) is 11.9 Å². The molecule has 4 heteroatoms. The van der Waals surface area contributed by atoms with E-state index in [9.17, 15) is 4.79 Å². The van der Waals surface area contributed by atoms with Crippen LogP contribution in [0.3, 0.4) is 0 Å². The number of ether oxygens (including phenoxy) is 1. The zero-order valence-corrected chi connectivity index (χ0v) is 10.8. The first-order valence-electron chi connectivity index (χ1n) is 6.94. The molecule has 1 saturated heterocycles. The fraction of sp³-hybridized carbons (Fsp3) is 0.923. The number of likely N-dealkylation sites (tertiary alicyclic amines) is 1. The van der Waals surface area contributed by atoms with E-state index < -0.39 is 0 Å². The third-order valence-corrected chi connectivity index (χ3v) is 3.47. The minimum Gasteiger partial charge on any atom is -0.382 e. The molecule has 1 aliphatic carbocycles. The molecule has 1 heterocycles. The Bertz CT molecular complexity index is 254. The van der Waals surface area contributed by atoms with Gasteiger partial charge in [-0.2, -0.15) is 0 Å². The number of hydrogen-bond donors (Lipinski definition) is 1. The third kappa shape index (κ3) is 3.96. The van der Waals surface area contributed by atoms with Crippen LogP contribution in [-0.2, 0) is 9.53 Å². The van der Waals surface area contributed by atoms with Crippen molar-refractivity contribution in [1.29, 1.82) is 0 Å². The molecule has 1 unspecified atom stereocenters. The standard InChI is InChI=1S/C13H24N2O2/c1-2-17-10-4-9-15-8-3-5-12(13(15)16)14-11-6-7-11/h11-12,14H,2-10H2,1H3. The van der Waals surface area contributed by atoms with Gasteiger partial charge in [-0.3, -0.25) is 4.79 Å². The van der Waals surface area contributed by atoms with Gasteiger partial charge in [-0.15, -0.1) is 0 Å². The molecule has 0 aromatic carbocycles. The van der Waals surface area contributed by atoms with Crippen molar-refractivity contribution in [2.24, 2.45) is 0 Å². The average molecular weight is 240 g/mol. The monoisotopic (exact) mass is 240 g/mol. The number of hydrogen-bond acceptors (Lipinski definition) is 3. The van der Waals surface area contributed by atoms with E-state index in [1.54, 1.807) is 0 Å². The molecule has 1 saturated carbocycles. The molecule has 0 radical (unpaired) electrons. The summed E-state index contributed by atoms with van der Waals surface area (Å²) in [5.41, 5.74) is 0. The van der Waals surface area contributed by atoms with Gasteiger partial charge in [-0.1, -0.05) is 0 Å². The highest BCUT2D eigenvalue weighted by atomic mass is 16.5. The summed E-state index contributed by atoms with van der Waals surface area (Å²) in [5.74, 6) is 0.305. The number of piperidine rings is 1. The van der Waals surface area contributed by atoms with Crippen LogP contribution in [0.25, 0.3) is 0 Å². The Kier molecular flexibility index (Phi) is 4.80. The van der Waals surface area contributed by atoms with E-state index in [0.717, 1.165) is 45.6 Å². The Hall–Kier alpha value is -0.610. The van der Waals surface area contributed by atoms with E-state index in [-0.39, 0.29) is 6.04 Å². The number of amides is 1. The van der Waals surface area contributed by atoms with Crippen molar-refractivity contribution in [2.45, 2.75) is 51.1 Å². The summed E-state index contributed by atoms with van der Waals surface area (Å²) in [7, 11) is 0. The highest BCUT2D eigenvalue weighted by Crippen LogP contribution is 2.22. The highest BCUT2D eigenvalue weighted by Gasteiger charge is 2.32. The van der Waals surface area contributed by atoms with Crippen LogP contribution in [0.1, 0.15) is 39.0 Å². The number of carbonyl (C=O) groups is 1. The van der Waals surface area contributed by atoms with E-state index in [1.165, 1.54) is 12.8 Å². The molecule has 0 aromatic heterocycles. The van der Waals surface area contributed by atoms with E-state index in [1.807, 2.05) is 11.8 Å². The van der Waals surface area contributed by atoms with Crippen molar-refractivity contribution >= 4 is 5.91 Å². The number of nitrogens with zero attached hydrogens (tertiary/aromatic N) is 1. The average Bonchev–Trinajstić information content (AvgIpc) is 3.13. The molecule has 2 fully saturated rings. The summed E-state index contributed by atoms with van der Waals surface area (Å²) in [6.45, 7) is 5.30. The number of rotatable bonds is 7. The molecule has 2 aliphatic rings. The second kappa shape index (κ2) is 6.36. The summed E-state index contributed by atoms with van der Waals surface area (Å²) in [5, 5.41) is 3.45. The molecule has 0 bridgehead atoms. The van der Waals surface area contributed by atoms with Crippen LogP contribution in [0, 0.1) is 0 Å². The summed E-state index contributed by atoms with van der Waals surface area (Å²) in [4.78, 5) is 14.2. The first-order valence-corrected chi connectivity index (χ1v) is 6.94. The minimum absolute atomic E-state index is 0.0864. The molecule has 1 atom stereocenters. The van der Waals surface area contributed by atoms with Crippen molar-refractivity contribution in [3.05, 3.63) is 0 Å². The van der Waals surface area contributed by atoms with Crippen LogP contribution in [0.15, 0.2) is 0 Å². The third-order valence-electron chi connectivity index (χ3n) is 3.47. The molecule has 1 amide bonds. The molecule has 1 N–H and O–H groups in total. The Morgan fingerprint density at radius 1 is 1.41 bits per heavy atom. The van der Waals surface area contributed by atoms with Crippen LogP contribution in [0.5, 0.6) is 0 Å². The molecular weight excluding hydrogens is 216 g/mol.